The summed E-state index contributed by atoms with van der Waals surface area (Å²) in [5.41, 5.74) is 1.14. The number of nitrogens with one attached hydrogen (secondary N) is 1. The van der Waals surface area contributed by atoms with Crippen LogP contribution in [0.3, 0.4) is 0 Å². The molecule has 0 fully saturated rings. The van der Waals surface area contributed by atoms with Gasteiger partial charge in [-0.05, 0) is 24.3 Å². The molecule has 8 nitrogen and oxygen atoms in total. The Morgan fingerprint density at radius 1 is 1.32 bits per heavy atom. The van der Waals surface area contributed by atoms with Crippen molar-refractivity contribution in [1.82, 2.24) is 19.7 Å². The van der Waals surface area contributed by atoms with Crippen LogP contribution in [0.2, 0.25) is 0 Å². The first-order valence-corrected chi connectivity index (χ1v) is 8.13. The van der Waals surface area contributed by atoms with Gasteiger partial charge in [-0.3, -0.25) is 19.8 Å². The summed E-state index contributed by atoms with van der Waals surface area (Å²) < 4.78 is 1.76. The minimum Gasteiger partial charge on any atom is -0.379 e. The molecule has 3 aromatic rings. The van der Waals surface area contributed by atoms with E-state index in [0.29, 0.717) is 29.6 Å². The average Bonchev–Trinajstić information content (AvgIpc) is 2.95. The van der Waals surface area contributed by atoms with Crippen molar-refractivity contribution >= 4 is 22.3 Å². The predicted molar refractivity (Wildman–Crippen MR) is 95.7 cm³/mol. The van der Waals surface area contributed by atoms with E-state index in [4.69, 9.17) is 0 Å². The SMILES string of the molecule is CC(C)c1nc(CCNc2ccc3ncccc3c2[N+](=O)[O-])n(C)n1. The number of pyridine rings is 1. The van der Waals surface area contributed by atoms with E-state index >= 15 is 0 Å². The third-order valence-corrected chi connectivity index (χ3v) is 3.99. The molecule has 0 aliphatic carbocycles. The molecule has 2 aromatic heterocycles. The summed E-state index contributed by atoms with van der Waals surface area (Å²) in [4.78, 5) is 19.8. The van der Waals surface area contributed by atoms with Crippen LogP contribution in [0.25, 0.3) is 10.9 Å². The first-order chi connectivity index (χ1) is 12.0. The fourth-order valence-electron chi connectivity index (χ4n) is 2.69. The Morgan fingerprint density at radius 3 is 2.80 bits per heavy atom. The third kappa shape index (κ3) is 3.42. The Morgan fingerprint density at radius 2 is 2.12 bits per heavy atom. The van der Waals surface area contributed by atoms with Crippen LogP contribution in [-0.2, 0) is 13.5 Å². The quantitative estimate of drug-likeness (QED) is 0.547. The smallest absolute Gasteiger partial charge is 0.301 e. The highest BCUT2D eigenvalue weighted by atomic mass is 16.6. The number of fused-ring (bicyclic) bond motifs is 1. The molecule has 0 spiro atoms. The first kappa shape index (κ1) is 16.8. The van der Waals surface area contributed by atoms with E-state index in [0.717, 1.165) is 11.6 Å². The van der Waals surface area contributed by atoms with Crippen LogP contribution in [0.5, 0.6) is 0 Å². The number of hydrogen-bond donors (Lipinski definition) is 1. The van der Waals surface area contributed by atoms with E-state index in [1.807, 2.05) is 20.9 Å². The molecule has 0 radical (unpaired) electrons. The zero-order valence-electron chi connectivity index (χ0n) is 14.4. The Hall–Kier alpha value is -3.03. The number of nitro benzene ring substituents is 1. The van der Waals surface area contributed by atoms with Crippen molar-refractivity contribution in [2.24, 2.45) is 7.05 Å². The lowest BCUT2D eigenvalue weighted by atomic mass is 10.1. The zero-order valence-corrected chi connectivity index (χ0v) is 14.4. The summed E-state index contributed by atoms with van der Waals surface area (Å²) in [6.45, 7) is 4.62. The van der Waals surface area contributed by atoms with Crippen LogP contribution >= 0.6 is 0 Å². The molecule has 1 aromatic carbocycles. The van der Waals surface area contributed by atoms with Gasteiger partial charge in [0, 0.05) is 32.1 Å². The van der Waals surface area contributed by atoms with Crippen molar-refractivity contribution in [3.8, 4) is 0 Å². The maximum Gasteiger partial charge on any atom is 0.301 e. The van der Waals surface area contributed by atoms with E-state index in [1.54, 1.807) is 35.1 Å². The molecule has 0 unspecified atom stereocenters. The van der Waals surface area contributed by atoms with Crippen molar-refractivity contribution < 1.29 is 4.92 Å². The van der Waals surface area contributed by atoms with E-state index in [1.165, 1.54) is 0 Å². The molecule has 130 valence electrons. The molecular formula is C17H20N6O2. The lowest BCUT2D eigenvalue weighted by molar-refractivity contribution is -0.382. The molecule has 0 atom stereocenters. The Bertz CT molecular complexity index is 919. The summed E-state index contributed by atoms with van der Waals surface area (Å²) in [7, 11) is 1.86. The van der Waals surface area contributed by atoms with Crippen LogP contribution in [-0.4, -0.2) is 31.2 Å². The van der Waals surface area contributed by atoms with Gasteiger partial charge in [0.2, 0.25) is 0 Å². The van der Waals surface area contributed by atoms with E-state index in [9.17, 15) is 10.1 Å². The second-order valence-electron chi connectivity index (χ2n) is 6.13. The number of benzene rings is 1. The molecule has 2 heterocycles. The van der Waals surface area contributed by atoms with Crippen LogP contribution in [0.1, 0.15) is 31.4 Å². The maximum absolute atomic E-state index is 11.5. The monoisotopic (exact) mass is 340 g/mol. The third-order valence-electron chi connectivity index (χ3n) is 3.99. The number of rotatable bonds is 6. The first-order valence-electron chi connectivity index (χ1n) is 8.13. The minimum absolute atomic E-state index is 0.0476. The van der Waals surface area contributed by atoms with Gasteiger partial charge in [0.05, 0.1) is 15.8 Å². The number of nitrogens with zero attached hydrogens (tertiary/aromatic N) is 5. The summed E-state index contributed by atoms with van der Waals surface area (Å²) in [5, 5.41) is 19.6. The number of nitro groups is 1. The van der Waals surface area contributed by atoms with Gasteiger partial charge in [-0.15, -0.1) is 0 Å². The highest BCUT2D eigenvalue weighted by Gasteiger charge is 2.19. The van der Waals surface area contributed by atoms with Gasteiger partial charge in [0.25, 0.3) is 0 Å². The zero-order chi connectivity index (χ0) is 18.0. The topological polar surface area (TPSA) is 98.8 Å². The van der Waals surface area contributed by atoms with Crippen molar-refractivity contribution in [2.75, 3.05) is 11.9 Å². The standard InChI is InChI=1S/C17H20N6O2/c1-11(2)17-20-15(22(3)21-17)8-10-19-14-7-6-13-12(5-4-9-18-13)16(14)23(24)25/h4-7,9,11,19H,8,10H2,1-3H3. The van der Waals surface area contributed by atoms with Crippen LogP contribution < -0.4 is 5.32 Å². The molecule has 0 aliphatic rings. The normalized spacial score (nSPS) is 11.2. The molecule has 0 amide bonds. The van der Waals surface area contributed by atoms with Gasteiger partial charge >= 0.3 is 5.69 Å². The Balaban J connectivity index is 1.79. The predicted octanol–water partition coefficient (Wildman–Crippen LogP) is 3.05. The number of aromatic nitrogens is 4. The Kier molecular flexibility index (Phi) is 4.60. The molecule has 0 saturated heterocycles. The van der Waals surface area contributed by atoms with Crippen molar-refractivity contribution in [2.45, 2.75) is 26.2 Å². The van der Waals surface area contributed by atoms with Crippen molar-refractivity contribution in [3.05, 3.63) is 52.2 Å². The van der Waals surface area contributed by atoms with Crippen molar-refractivity contribution in [3.63, 3.8) is 0 Å². The van der Waals surface area contributed by atoms with Gasteiger partial charge < -0.3 is 5.32 Å². The lowest BCUT2D eigenvalue weighted by Crippen LogP contribution is -2.10. The van der Waals surface area contributed by atoms with Gasteiger partial charge in [-0.2, -0.15) is 5.10 Å². The number of aryl methyl sites for hydroxylation is 1. The fraction of sp³-hybridized carbons (Fsp3) is 0.353. The van der Waals surface area contributed by atoms with E-state index in [2.05, 4.69) is 20.4 Å². The largest absolute Gasteiger partial charge is 0.379 e. The van der Waals surface area contributed by atoms with E-state index in [-0.39, 0.29) is 16.5 Å². The second kappa shape index (κ2) is 6.84. The van der Waals surface area contributed by atoms with Crippen LogP contribution in [0, 0.1) is 10.1 Å². The summed E-state index contributed by atoms with van der Waals surface area (Å²) in [5.74, 6) is 1.92. The molecule has 25 heavy (non-hydrogen) atoms. The molecular weight excluding hydrogens is 320 g/mol. The van der Waals surface area contributed by atoms with Gasteiger partial charge in [0.1, 0.15) is 11.5 Å². The summed E-state index contributed by atoms with van der Waals surface area (Å²) in [6, 6.07) is 6.89. The van der Waals surface area contributed by atoms with Gasteiger partial charge in [0.15, 0.2) is 5.82 Å². The minimum atomic E-state index is -0.370. The molecule has 3 rings (SSSR count). The fourth-order valence-corrected chi connectivity index (χ4v) is 2.69. The van der Waals surface area contributed by atoms with Gasteiger partial charge in [-0.1, -0.05) is 13.8 Å². The molecule has 8 heteroatoms. The lowest BCUT2D eigenvalue weighted by Gasteiger charge is -2.08. The highest BCUT2D eigenvalue weighted by Crippen LogP contribution is 2.32. The summed E-state index contributed by atoms with van der Waals surface area (Å²) >= 11 is 0. The highest BCUT2D eigenvalue weighted by molar-refractivity contribution is 5.94. The maximum atomic E-state index is 11.5. The van der Waals surface area contributed by atoms with Gasteiger partial charge in [-0.25, -0.2) is 4.98 Å². The average molecular weight is 340 g/mol. The molecule has 0 aliphatic heterocycles. The molecule has 0 bridgehead atoms. The Labute approximate surface area is 145 Å². The number of anilines is 1. The molecule has 0 saturated carbocycles. The van der Waals surface area contributed by atoms with E-state index < -0.39 is 0 Å². The van der Waals surface area contributed by atoms with Crippen LogP contribution in [0.4, 0.5) is 11.4 Å². The van der Waals surface area contributed by atoms with Crippen molar-refractivity contribution in [1.29, 1.82) is 0 Å². The second-order valence-corrected chi connectivity index (χ2v) is 6.13. The molecule has 1 N–H and O–H groups in total. The van der Waals surface area contributed by atoms with Crippen LogP contribution in [0.15, 0.2) is 30.5 Å². The summed E-state index contributed by atoms with van der Waals surface area (Å²) in [6.07, 6.45) is 2.25. The number of hydrogen-bond acceptors (Lipinski definition) is 6.